The van der Waals surface area contributed by atoms with Gasteiger partial charge in [0.15, 0.2) is 0 Å². The van der Waals surface area contributed by atoms with Crippen molar-refractivity contribution in [2.75, 3.05) is 6.61 Å². The summed E-state index contributed by atoms with van der Waals surface area (Å²) in [5, 5.41) is 5.30. The maximum Gasteiger partial charge on any atom is 0.257 e. The second-order valence-corrected chi connectivity index (χ2v) is 6.07. The zero-order valence-electron chi connectivity index (χ0n) is 14.8. The Bertz CT molecular complexity index is 844. The van der Waals surface area contributed by atoms with Gasteiger partial charge in [0.1, 0.15) is 5.75 Å². The van der Waals surface area contributed by atoms with Gasteiger partial charge >= 0.3 is 0 Å². The monoisotopic (exact) mass is 351 g/mol. The standard InChI is InChI=1S/C20H21N3O3/c1-3-26-16-9-7-14(8-10-16)17-12-18(24)22-20(21-17)23-19(25)15-6-4-5-13(2)11-15/h4-11,17H,3,12H2,1-2H3,(H2,21,22,23,24,25)/t17-/m1/s1. The molecule has 2 aromatic rings. The smallest absolute Gasteiger partial charge is 0.257 e. The Morgan fingerprint density at radius 3 is 2.73 bits per heavy atom. The van der Waals surface area contributed by atoms with E-state index < -0.39 is 0 Å². The number of amides is 2. The van der Waals surface area contributed by atoms with Gasteiger partial charge in [0.05, 0.1) is 19.1 Å². The molecule has 6 nitrogen and oxygen atoms in total. The Labute approximate surface area is 152 Å². The Morgan fingerprint density at radius 2 is 2.04 bits per heavy atom. The van der Waals surface area contributed by atoms with E-state index in [1.54, 1.807) is 12.1 Å². The molecule has 0 fully saturated rings. The van der Waals surface area contributed by atoms with E-state index in [0.717, 1.165) is 16.9 Å². The normalized spacial score (nSPS) is 16.5. The first-order valence-electron chi connectivity index (χ1n) is 8.53. The zero-order chi connectivity index (χ0) is 18.5. The summed E-state index contributed by atoms with van der Waals surface area (Å²) in [6.45, 7) is 4.43. The Balaban J connectivity index is 1.76. The third kappa shape index (κ3) is 4.27. The van der Waals surface area contributed by atoms with Crippen molar-refractivity contribution >= 4 is 17.8 Å². The lowest BCUT2D eigenvalue weighted by molar-refractivity contribution is -0.120. The fourth-order valence-electron chi connectivity index (χ4n) is 2.77. The topological polar surface area (TPSA) is 79.8 Å². The highest BCUT2D eigenvalue weighted by Gasteiger charge is 2.23. The number of hydrogen-bond acceptors (Lipinski definition) is 4. The molecule has 3 rings (SSSR count). The molecule has 1 atom stereocenters. The SMILES string of the molecule is CCOc1ccc([C@H]2CC(=O)NC(NC(=O)c3cccc(C)c3)=N2)cc1. The fraction of sp³-hybridized carbons (Fsp3) is 0.250. The van der Waals surface area contributed by atoms with Gasteiger partial charge in [-0.1, -0.05) is 29.8 Å². The molecule has 0 unspecified atom stereocenters. The van der Waals surface area contributed by atoms with Gasteiger partial charge in [-0.2, -0.15) is 0 Å². The number of carbonyl (C=O) groups excluding carboxylic acids is 2. The van der Waals surface area contributed by atoms with Crippen molar-refractivity contribution in [1.29, 1.82) is 0 Å². The van der Waals surface area contributed by atoms with Gasteiger partial charge in [0.25, 0.3) is 5.91 Å². The molecule has 0 saturated heterocycles. The molecule has 2 N–H and O–H groups in total. The van der Waals surface area contributed by atoms with Crippen LogP contribution in [0.4, 0.5) is 0 Å². The van der Waals surface area contributed by atoms with Crippen LogP contribution in [-0.2, 0) is 4.79 Å². The predicted molar refractivity (Wildman–Crippen MR) is 99.2 cm³/mol. The van der Waals surface area contributed by atoms with Crippen molar-refractivity contribution in [3.8, 4) is 5.75 Å². The number of ether oxygens (including phenoxy) is 1. The Hall–Kier alpha value is -3.15. The van der Waals surface area contributed by atoms with Crippen molar-refractivity contribution in [2.45, 2.75) is 26.3 Å². The summed E-state index contributed by atoms with van der Waals surface area (Å²) < 4.78 is 5.43. The van der Waals surface area contributed by atoms with E-state index >= 15 is 0 Å². The first-order valence-corrected chi connectivity index (χ1v) is 8.53. The van der Waals surface area contributed by atoms with Crippen LogP contribution in [0, 0.1) is 6.92 Å². The maximum atomic E-state index is 12.4. The lowest BCUT2D eigenvalue weighted by Crippen LogP contribution is -2.47. The minimum Gasteiger partial charge on any atom is -0.494 e. The molecular formula is C20H21N3O3. The van der Waals surface area contributed by atoms with Crippen LogP contribution in [0.1, 0.15) is 40.9 Å². The summed E-state index contributed by atoms with van der Waals surface area (Å²) in [5.41, 5.74) is 2.40. The zero-order valence-corrected chi connectivity index (χ0v) is 14.8. The molecule has 1 aliphatic rings. The molecule has 0 aliphatic carbocycles. The van der Waals surface area contributed by atoms with Crippen LogP contribution in [0.2, 0.25) is 0 Å². The van der Waals surface area contributed by atoms with Crippen LogP contribution in [0.5, 0.6) is 5.75 Å². The molecule has 1 aliphatic heterocycles. The first kappa shape index (κ1) is 17.7. The van der Waals surface area contributed by atoms with E-state index in [4.69, 9.17) is 4.74 Å². The van der Waals surface area contributed by atoms with Crippen molar-refractivity contribution in [1.82, 2.24) is 10.6 Å². The summed E-state index contributed by atoms with van der Waals surface area (Å²) in [6.07, 6.45) is 0.234. The maximum absolute atomic E-state index is 12.4. The highest BCUT2D eigenvalue weighted by atomic mass is 16.5. The second-order valence-electron chi connectivity index (χ2n) is 6.07. The van der Waals surface area contributed by atoms with Crippen molar-refractivity contribution in [3.63, 3.8) is 0 Å². The number of benzene rings is 2. The minimum absolute atomic E-state index is 0.173. The number of guanidine groups is 1. The largest absolute Gasteiger partial charge is 0.494 e. The number of carbonyl (C=O) groups is 2. The highest BCUT2D eigenvalue weighted by Crippen LogP contribution is 2.25. The summed E-state index contributed by atoms with van der Waals surface area (Å²) in [5.74, 6) is 0.457. The molecule has 1 heterocycles. The van der Waals surface area contributed by atoms with Gasteiger partial charge in [0.2, 0.25) is 11.9 Å². The molecule has 0 aromatic heterocycles. The quantitative estimate of drug-likeness (QED) is 0.889. The van der Waals surface area contributed by atoms with E-state index in [1.165, 1.54) is 0 Å². The Kier molecular flexibility index (Phi) is 5.31. The lowest BCUT2D eigenvalue weighted by atomic mass is 10.0. The van der Waals surface area contributed by atoms with Crippen LogP contribution in [0.15, 0.2) is 53.5 Å². The third-order valence-corrected chi connectivity index (χ3v) is 4.01. The molecule has 0 spiro atoms. The van der Waals surface area contributed by atoms with Crippen molar-refractivity contribution in [3.05, 3.63) is 65.2 Å². The van der Waals surface area contributed by atoms with E-state index in [2.05, 4.69) is 15.6 Å². The van der Waals surface area contributed by atoms with Crippen LogP contribution in [0.25, 0.3) is 0 Å². The number of hydrogen-bond donors (Lipinski definition) is 2. The van der Waals surface area contributed by atoms with Crippen LogP contribution < -0.4 is 15.4 Å². The summed E-state index contributed by atoms with van der Waals surface area (Å²) in [6, 6.07) is 14.4. The molecule has 6 heteroatoms. The van der Waals surface area contributed by atoms with Crippen molar-refractivity contribution < 1.29 is 14.3 Å². The van der Waals surface area contributed by atoms with E-state index in [0.29, 0.717) is 12.2 Å². The molecular weight excluding hydrogens is 330 g/mol. The number of aliphatic imine (C=N–C) groups is 1. The van der Waals surface area contributed by atoms with Gasteiger partial charge in [-0.15, -0.1) is 0 Å². The average Bonchev–Trinajstić information content (AvgIpc) is 2.62. The molecule has 2 aromatic carbocycles. The molecule has 26 heavy (non-hydrogen) atoms. The van der Waals surface area contributed by atoms with Crippen LogP contribution in [0.3, 0.4) is 0 Å². The van der Waals surface area contributed by atoms with Gasteiger partial charge < -0.3 is 4.74 Å². The molecule has 2 amide bonds. The predicted octanol–water partition coefficient (Wildman–Crippen LogP) is 2.74. The second kappa shape index (κ2) is 7.82. The summed E-state index contributed by atoms with van der Waals surface area (Å²) >= 11 is 0. The lowest BCUT2D eigenvalue weighted by Gasteiger charge is -2.21. The van der Waals surface area contributed by atoms with E-state index in [9.17, 15) is 9.59 Å². The number of aryl methyl sites for hydroxylation is 1. The minimum atomic E-state index is -0.341. The average molecular weight is 351 g/mol. The Morgan fingerprint density at radius 1 is 1.27 bits per heavy atom. The van der Waals surface area contributed by atoms with E-state index in [1.807, 2.05) is 50.2 Å². The number of nitrogens with zero attached hydrogens (tertiary/aromatic N) is 1. The fourth-order valence-corrected chi connectivity index (χ4v) is 2.77. The van der Waals surface area contributed by atoms with Gasteiger partial charge in [-0.3, -0.25) is 20.2 Å². The van der Waals surface area contributed by atoms with E-state index in [-0.39, 0.29) is 30.2 Å². The molecule has 0 saturated carbocycles. The van der Waals surface area contributed by atoms with Crippen LogP contribution >= 0.6 is 0 Å². The molecule has 0 radical (unpaired) electrons. The van der Waals surface area contributed by atoms with Gasteiger partial charge in [-0.25, -0.2) is 4.99 Å². The first-order chi connectivity index (χ1) is 12.5. The summed E-state index contributed by atoms with van der Waals surface area (Å²) in [4.78, 5) is 28.9. The molecule has 0 bridgehead atoms. The molecule has 134 valence electrons. The van der Waals surface area contributed by atoms with Crippen molar-refractivity contribution in [2.24, 2.45) is 4.99 Å². The highest BCUT2D eigenvalue weighted by molar-refractivity contribution is 6.10. The number of nitrogens with one attached hydrogen (secondary N) is 2. The number of rotatable bonds is 4. The van der Waals surface area contributed by atoms with Gasteiger partial charge in [-0.05, 0) is 43.7 Å². The van der Waals surface area contributed by atoms with Crippen LogP contribution in [-0.4, -0.2) is 24.4 Å². The summed E-state index contributed by atoms with van der Waals surface area (Å²) in [7, 11) is 0. The third-order valence-electron chi connectivity index (χ3n) is 4.01. The van der Waals surface area contributed by atoms with Gasteiger partial charge in [0, 0.05) is 5.56 Å².